The van der Waals surface area contributed by atoms with E-state index >= 15 is 0 Å². The number of likely N-dealkylation sites (tertiary alicyclic amines) is 1. The Hall–Kier alpha value is -3.77. The highest BCUT2D eigenvalue weighted by Crippen LogP contribution is 2.22. The lowest BCUT2D eigenvalue weighted by Crippen LogP contribution is -2.35. The van der Waals surface area contributed by atoms with Crippen molar-refractivity contribution in [1.82, 2.24) is 14.0 Å². The smallest absolute Gasteiger partial charge is 0.337 e. The number of para-hydroxylation sites is 1. The third kappa shape index (κ3) is 5.66. The Morgan fingerprint density at radius 2 is 1.29 bits per heavy atom. The third-order valence-corrected chi connectivity index (χ3v) is 6.54. The maximum Gasteiger partial charge on any atom is 0.337 e. The van der Waals surface area contributed by atoms with E-state index in [0.29, 0.717) is 6.61 Å². The zero-order chi connectivity index (χ0) is 24.0. The SMILES string of the molecule is CC1CCN(CCOc2ccc(-n3ccn(-c4ccc(Oc5ccccc5)cc4)c3=O)cc2)CC1. The fourth-order valence-electron chi connectivity index (χ4n) is 4.35. The summed E-state index contributed by atoms with van der Waals surface area (Å²) in [5.41, 5.74) is 1.45. The van der Waals surface area contributed by atoms with Crippen molar-refractivity contribution in [3.8, 4) is 28.6 Å². The van der Waals surface area contributed by atoms with Gasteiger partial charge < -0.3 is 9.47 Å². The number of imidazole rings is 1. The molecule has 4 aromatic rings. The molecular formula is C29H31N3O3. The van der Waals surface area contributed by atoms with Gasteiger partial charge in [-0.15, -0.1) is 0 Å². The molecule has 0 radical (unpaired) electrons. The molecule has 6 heteroatoms. The summed E-state index contributed by atoms with van der Waals surface area (Å²) in [5, 5.41) is 0. The van der Waals surface area contributed by atoms with Crippen molar-refractivity contribution in [3.63, 3.8) is 0 Å². The van der Waals surface area contributed by atoms with Crippen LogP contribution in [0, 0.1) is 5.92 Å². The average Bonchev–Trinajstić information content (AvgIpc) is 3.28. The maximum atomic E-state index is 13.1. The monoisotopic (exact) mass is 469 g/mol. The van der Waals surface area contributed by atoms with Crippen molar-refractivity contribution in [2.45, 2.75) is 19.8 Å². The number of ether oxygens (including phenoxy) is 2. The van der Waals surface area contributed by atoms with E-state index in [4.69, 9.17) is 9.47 Å². The van der Waals surface area contributed by atoms with Crippen molar-refractivity contribution in [1.29, 1.82) is 0 Å². The van der Waals surface area contributed by atoms with Crippen LogP contribution in [0.25, 0.3) is 11.4 Å². The number of piperidine rings is 1. The second-order valence-corrected chi connectivity index (χ2v) is 9.10. The van der Waals surface area contributed by atoms with Gasteiger partial charge in [0.1, 0.15) is 23.9 Å². The van der Waals surface area contributed by atoms with Crippen LogP contribution in [0.5, 0.6) is 17.2 Å². The van der Waals surface area contributed by atoms with Crippen LogP contribution in [0.15, 0.2) is 96.1 Å². The van der Waals surface area contributed by atoms with Crippen molar-refractivity contribution < 1.29 is 9.47 Å². The molecule has 6 nitrogen and oxygen atoms in total. The Kier molecular flexibility index (Phi) is 7.00. The summed E-state index contributed by atoms with van der Waals surface area (Å²) < 4.78 is 15.0. The summed E-state index contributed by atoms with van der Waals surface area (Å²) >= 11 is 0. The lowest BCUT2D eigenvalue weighted by Gasteiger charge is -2.29. The van der Waals surface area contributed by atoms with Crippen molar-refractivity contribution in [2.75, 3.05) is 26.2 Å². The van der Waals surface area contributed by atoms with Gasteiger partial charge in [-0.3, -0.25) is 14.0 Å². The molecule has 0 bridgehead atoms. The fourth-order valence-corrected chi connectivity index (χ4v) is 4.35. The molecule has 1 aliphatic rings. The van der Waals surface area contributed by atoms with Crippen molar-refractivity contribution in [3.05, 3.63) is 102 Å². The van der Waals surface area contributed by atoms with Crippen LogP contribution in [0.4, 0.5) is 0 Å². The van der Waals surface area contributed by atoms with Crippen LogP contribution in [0.1, 0.15) is 19.8 Å². The van der Waals surface area contributed by atoms with Crippen LogP contribution in [0.3, 0.4) is 0 Å². The number of aromatic nitrogens is 2. The van der Waals surface area contributed by atoms with E-state index in [-0.39, 0.29) is 5.69 Å². The van der Waals surface area contributed by atoms with E-state index in [0.717, 1.165) is 54.2 Å². The van der Waals surface area contributed by atoms with Gasteiger partial charge in [-0.2, -0.15) is 0 Å². The first-order valence-electron chi connectivity index (χ1n) is 12.2. The standard InChI is InChI=1S/C29H31N3O3/c1-23-15-17-30(18-16-23)21-22-34-26-11-7-24(8-12-26)31-19-20-32(29(31)33)25-9-13-28(14-10-25)35-27-5-3-2-4-6-27/h2-14,19-20,23H,15-18,21-22H2,1H3. The lowest BCUT2D eigenvalue weighted by molar-refractivity contribution is 0.160. The molecule has 5 rings (SSSR count). The first kappa shape index (κ1) is 23.0. The molecule has 2 heterocycles. The number of hydrogen-bond acceptors (Lipinski definition) is 4. The van der Waals surface area contributed by atoms with Gasteiger partial charge in [0.15, 0.2) is 0 Å². The summed E-state index contributed by atoms with van der Waals surface area (Å²) in [4.78, 5) is 15.5. The quantitative estimate of drug-likeness (QED) is 0.340. The molecule has 1 aromatic heterocycles. The van der Waals surface area contributed by atoms with E-state index in [1.54, 1.807) is 21.5 Å². The molecule has 35 heavy (non-hydrogen) atoms. The molecular weight excluding hydrogens is 438 g/mol. The largest absolute Gasteiger partial charge is 0.492 e. The van der Waals surface area contributed by atoms with Gasteiger partial charge in [0.2, 0.25) is 0 Å². The minimum atomic E-state index is -0.130. The summed E-state index contributed by atoms with van der Waals surface area (Å²) in [5.74, 6) is 3.15. The van der Waals surface area contributed by atoms with Gasteiger partial charge >= 0.3 is 5.69 Å². The van der Waals surface area contributed by atoms with Gasteiger partial charge in [-0.05, 0) is 92.5 Å². The number of benzene rings is 3. The van der Waals surface area contributed by atoms with Crippen LogP contribution in [-0.2, 0) is 0 Å². The second-order valence-electron chi connectivity index (χ2n) is 9.10. The van der Waals surface area contributed by atoms with Gasteiger partial charge in [-0.1, -0.05) is 25.1 Å². The Morgan fingerprint density at radius 3 is 1.89 bits per heavy atom. The van der Waals surface area contributed by atoms with Gasteiger partial charge in [0.05, 0.1) is 11.4 Å². The van der Waals surface area contributed by atoms with Crippen molar-refractivity contribution in [2.24, 2.45) is 5.92 Å². The van der Waals surface area contributed by atoms with Crippen LogP contribution >= 0.6 is 0 Å². The summed E-state index contributed by atoms with van der Waals surface area (Å²) in [6.45, 7) is 6.27. The third-order valence-electron chi connectivity index (χ3n) is 6.54. The molecule has 0 unspecified atom stereocenters. The molecule has 1 saturated heterocycles. The molecule has 0 spiro atoms. The normalized spacial score (nSPS) is 14.7. The number of rotatable bonds is 8. The molecule has 3 aromatic carbocycles. The van der Waals surface area contributed by atoms with Crippen LogP contribution in [0.2, 0.25) is 0 Å². The van der Waals surface area contributed by atoms with Gasteiger partial charge in [0.25, 0.3) is 0 Å². The average molecular weight is 470 g/mol. The highest BCUT2D eigenvalue weighted by molar-refractivity contribution is 5.41. The van der Waals surface area contributed by atoms with Gasteiger partial charge in [-0.25, -0.2) is 4.79 Å². The molecule has 180 valence electrons. The molecule has 0 saturated carbocycles. The van der Waals surface area contributed by atoms with Crippen LogP contribution in [-0.4, -0.2) is 40.3 Å². The predicted molar refractivity (Wildman–Crippen MR) is 138 cm³/mol. The minimum Gasteiger partial charge on any atom is -0.492 e. The molecule has 0 N–H and O–H groups in total. The van der Waals surface area contributed by atoms with E-state index in [2.05, 4.69) is 11.8 Å². The van der Waals surface area contributed by atoms with Crippen LogP contribution < -0.4 is 15.2 Å². The summed E-state index contributed by atoms with van der Waals surface area (Å²) in [6.07, 6.45) is 6.10. The topological polar surface area (TPSA) is 48.6 Å². The Labute approximate surface area is 206 Å². The zero-order valence-corrected chi connectivity index (χ0v) is 20.0. The predicted octanol–water partition coefficient (Wildman–Crippen LogP) is 5.53. The first-order chi connectivity index (χ1) is 17.2. The van der Waals surface area contributed by atoms with E-state index < -0.39 is 0 Å². The summed E-state index contributed by atoms with van der Waals surface area (Å²) in [7, 11) is 0. The number of nitrogens with zero attached hydrogens (tertiary/aromatic N) is 3. The first-order valence-corrected chi connectivity index (χ1v) is 12.2. The van der Waals surface area contributed by atoms with Crippen molar-refractivity contribution >= 4 is 0 Å². The molecule has 1 fully saturated rings. The van der Waals surface area contributed by atoms with Gasteiger partial charge in [0, 0.05) is 18.9 Å². The Morgan fingerprint density at radius 1 is 0.743 bits per heavy atom. The highest BCUT2D eigenvalue weighted by Gasteiger charge is 2.15. The fraction of sp³-hybridized carbons (Fsp3) is 0.276. The Bertz CT molecular complexity index is 1270. The van der Waals surface area contributed by atoms with E-state index in [9.17, 15) is 4.79 Å². The zero-order valence-electron chi connectivity index (χ0n) is 20.0. The van der Waals surface area contributed by atoms with E-state index in [1.807, 2.05) is 78.9 Å². The Balaban J connectivity index is 1.20. The van der Waals surface area contributed by atoms with E-state index in [1.165, 1.54) is 12.8 Å². The molecule has 0 atom stereocenters. The highest BCUT2D eigenvalue weighted by atomic mass is 16.5. The second kappa shape index (κ2) is 10.7. The number of hydrogen-bond donors (Lipinski definition) is 0. The molecule has 1 aliphatic heterocycles. The molecule has 0 aliphatic carbocycles. The lowest BCUT2D eigenvalue weighted by atomic mass is 9.99. The molecule has 0 amide bonds. The summed E-state index contributed by atoms with van der Waals surface area (Å²) in [6, 6.07) is 24.8. The minimum absolute atomic E-state index is 0.130. The maximum absolute atomic E-state index is 13.1.